The van der Waals surface area contributed by atoms with Crippen LogP contribution in [0.3, 0.4) is 0 Å². The predicted octanol–water partition coefficient (Wildman–Crippen LogP) is 2.77. The highest BCUT2D eigenvalue weighted by Gasteiger charge is 2.32. The Hall–Kier alpha value is -1.36. The summed E-state index contributed by atoms with van der Waals surface area (Å²) in [6.07, 6.45) is 0.383. The van der Waals surface area contributed by atoms with Crippen LogP contribution >= 0.6 is 11.8 Å². The van der Waals surface area contributed by atoms with Gasteiger partial charge in [-0.2, -0.15) is 0 Å². The average molecular weight is 281 g/mol. The maximum Gasteiger partial charge on any atom is 0.227 e. The number of para-hydroxylation sites is 1. The topological polar surface area (TPSA) is 37.4 Å². The minimum absolute atomic E-state index is 0.0490. The molecule has 0 radical (unpaired) electrons. The third kappa shape index (κ3) is 3.15. The summed E-state index contributed by atoms with van der Waals surface area (Å²) in [5.41, 5.74) is 1.14. The van der Waals surface area contributed by atoms with Gasteiger partial charge in [0.1, 0.15) is 5.82 Å². The van der Waals surface area contributed by atoms with Gasteiger partial charge in [-0.3, -0.25) is 9.59 Å². The van der Waals surface area contributed by atoms with Gasteiger partial charge in [-0.05, 0) is 24.5 Å². The van der Waals surface area contributed by atoms with Crippen LogP contribution in [0.1, 0.15) is 18.9 Å². The number of rotatable bonds is 3. The number of carbonyl (C=O) groups is 2. The van der Waals surface area contributed by atoms with Crippen molar-refractivity contribution >= 4 is 28.5 Å². The molecular weight excluding hydrogens is 265 g/mol. The standard InChI is InChI=1S/C14H16FNO2S/c1-9-4-3-5-12(15)14(9)16-7-11(6-13(16)18)8-19-10(2)17/h3-5,11H,6-8H2,1-2H3. The van der Waals surface area contributed by atoms with E-state index in [9.17, 15) is 14.0 Å². The molecular formula is C14H16FNO2S. The van der Waals surface area contributed by atoms with Crippen LogP contribution in [0.4, 0.5) is 10.1 Å². The van der Waals surface area contributed by atoms with E-state index in [1.807, 2.05) is 0 Å². The molecule has 0 N–H and O–H groups in total. The second-order valence-corrected chi connectivity index (χ2v) is 5.98. The number of hydrogen-bond donors (Lipinski definition) is 0. The zero-order valence-corrected chi connectivity index (χ0v) is 11.8. The summed E-state index contributed by atoms with van der Waals surface area (Å²) >= 11 is 1.22. The molecule has 1 saturated heterocycles. The molecule has 0 aliphatic carbocycles. The molecule has 1 heterocycles. The van der Waals surface area contributed by atoms with E-state index in [1.165, 1.54) is 29.7 Å². The van der Waals surface area contributed by atoms with Crippen LogP contribution in [0.5, 0.6) is 0 Å². The monoisotopic (exact) mass is 281 g/mol. The number of carbonyl (C=O) groups excluding carboxylic acids is 2. The van der Waals surface area contributed by atoms with E-state index in [1.54, 1.807) is 19.1 Å². The maximum atomic E-state index is 13.9. The van der Waals surface area contributed by atoms with E-state index in [-0.39, 0.29) is 22.8 Å². The molecule has 102 valence electrons. The lowest BCUT2D eigenvalue weighted by atomic mass is 10.1. The van der Waals surface area contributed by atoms with E-state index in [2.05, 4.69) is 0 Å². The lowest BCUT2D eigenvalue weighted by Gasteiger charge is -2.19. The fourth-order valence-electron chi connectivity index (χ4n) is 2.31. The Morgan fingerprint density at radius 1 is 1.53 bits per heavy atom. The molecule has 0 spiro atoms. The second-order valence-electron chi connectivity index (χ2n) is 4.78. The summed E-state index contributed by atoms with van der Waals surface area (Å²) in [6.45, 7) is 3.80. The third-order valence-corrected chi connectivity index (χ3v) is 4.23. The molecule has 1 aliphatic heterocycles. The van der Waals surface area contributed by atoms with Gasteiger partial charge in [-0.1, -0.05) is 23.9 Å². The molecule has 1 amide bonds. The molecule has 3 nitrogen and oxygen atoms in total. The normalized spacial score (nSPS) is 19.0. The van der Waals surface area contributed by atoms with Gasteiger partial charge in [0.25, 0.3) is 0 Å². The van der Waals surface area contributed by atoms with Crippen LogP contribution in [0.25, 0.3) is 0 Å². The van der Waals surface area contributed by atoms with Crippen molar-refractivity contribution in [2.75, 3.05) is 17.2 Å². The van der Waals surface area contributed by atoms with Crippen molar-refractivity contribution in [2.24, 2.45) is 5.92 Å². The van der Waals surface area contributed by atoms with E-state index in [0.717, 1.165) is 5.56 Å². The largest absolute Gasteiger partial charge is 0.309 e. The second kappa shape index (κ2) is 5.74. The van der Waals surface area contributed by atoms with Crippen molar-refractivity contribution in [3.63, 3.8) is 0 Å². The van der Waals surface area contributed by atoms with Crippen LogP contribution in [0.2, 0.25) is 0 Å². The molecule has 1 aromatic rings. The van der Waals surface area contributed by atoms with Gasteiger partial charge in [-0.15, -0.1) is 0 Å². The number of benzene rings is 1. The van der Waals surface area contributed by atoms with Gasteiger partial charge in [0.15, 0.2) is 5.12 Å². The quantitative estimate of drug-likeness (QED) is 0.855. The Bertz CT molecular complexity index is 498. The first-order valence-corrected chi connectivity index (χ1v) is 7.16. The van der Waals surface area contributed by atoms with Crippen molar-refractivity contribution in [3.8, 4) is 0 Å². The van der Waals surface area contributed by atoms with Gasteiger partial charge >= 0.3 is 0 Å². The number of halogens is 1. The third-order valence-electron chi connectivity index (χ3n) is 3.19. The summed E-state index contributed by atoms with van der Waals surface area (Å²) in [7, 11) is 0. The molecule has 0 saturated carbocycles. The van der Waals surface area contributed by atoms with Crippen molar-refractivity contribution < 1.29 is 14.0 Å². The SMILES string of the molecule is CC(=O)SCC1CC(=O)N(c2c(C)cccc2F)C1. The molecule has 0 aromatic heterocycles. The van der Waals surface area contributed by atoms with Crippen molar-refractivity contribution in [3.05, 3.63) is 29.6 Å². The number of nitrogens with zero attached hydrogens (tertiary/aromatic N) is 1. The number of anilines is 1. The first-order valence-electron chi connectivity index (χ1n) is 6.18. The Labute approximate surface area is 116 Å². The fraction of sp³-hybridized carbons (Fsp3) is 0.429. The lowest BCUT2D eigenvalue weighted by Crippen LogP contribution is -2.26. The fourth-order valence-corrected chi connectivity index (χ4v) is 3.00. The lowest BCUT2D eigenvalue weighted by molar-refractivity contribution is -0.117. The Morgan fingerprint density at radius 3 is 2.89 bits per heavy atom. The molecule has 1 aromatic carbocycles. The number of amides is 1. The Balaban J connectivity index is 2.14. The number of thioether (sulfide) groups is 1. The molecule has 1 atom stereocenters. The van der Waals surface area contributed by atoms with Crippen molar-refractivity contribution in [2.45, 2.75) is 20.3 Å². The summed E-state index contributed by atoms with van der Waals surface area (Å²) < 4.78 is 13.9. The van der Waals surface area contributed by atoms with E-state index in [0.29, 0.717) is 24.4 Å². The van der Waals surface area contributed by atoms with Gasteiger partial charge < -0.3 is 4.90 Å². The van der Waals surface area contributed by atoms with Gasteiger partial charge in [0, 0.05) is 25.6 Å². The van der Waals surface area contributed by atoms with Crippen molar-refractivity contribution in [1.29, 1.82) is 0 Å². The molecule has 1 unspecified atom stereocenters. The van der Waals surface area contributed by atoms with Crippen molar-refractivity contribution in [1.82, 2.24) is 0 Å². The molecule has 2 rings (SSSR count). The van der Waals surface area contributed by atoms with Crippen LogP contribution in [-0.2, 0) is 9.59 Å². The summed E-state index contributed by atoms with van der Waals surface area (Å²) in [4.78, 5) is 24.5. The minimum atomic E-state index is -0.367. The zero-order chi connectivity index (χ0) is 14.0. The first kappa shape index (κ1) is 14.1. The number of aryl methyl sites for hydroxylation is 1. The highest BCUT2D eigenvalue weighted by atomic mass is 32.2. The molecule has 5 heteroatoms. The smallest absolute Gasteiger partial charge is 0.227 e. The minimum Gasteiger partial charge on any atom is -0.309 e. The van der Waals surface area contributed by atoms with Gasteiger partial charge in [-0.25, -0.2) is 4.39 Å². The van der Waals surface area contributed by atoms with Crippen LogP contribution in [0.15, 0.2) is 18.2 Å². The van der Waals surface area contributed by atoms with Crippen LogP contribution in [0, 0.1) is 18.7 Å². The highest BCUT2D eigenvalue weighted by Crippen LogP contribution is 2.31. The highest BCUT2D eigenvalue weighted by molar-refractivity contribution is 8.13. The molecule has 1 aliphatic rings. The molecule has 0 bridgehead atoms. The predicted molar refractivity (Wildman–Crippen MR) is 74.7 cm³/mol. The van der Waals surface area contributed by atoms with Crippen LogP contribution < -0.4 is 4.90 Å². The van der Waals surface area contributed by atoms with Gasteiger partial charge in [0.05, 0.1) is 5.69 Å². The van der Waals surface area contributed by atoms with E-state index < -0.39 is 0 Å². The summed E-state index contributed by atoms with van der Waals surface area (Å²) in [5.74, 6) is 0.293. The van der Waals surface area contributed by atoms with E-state index in [4.69, 9.17) is 0 Å². The van der Waals surface area contributed by atoms with Gasteiger partial charge in [0.2, 0.25) is 5.91 Å². The average Bonchev–Trinajstić information content (AvgIpc) is 2.68. The zero-order valence-electron chi connectivity index (χ0n) is 11.0. The van der Waals surface area contributed by atoms with Crippen LogP contribution in [-0.4, -0.2) is 23.3 Å². The first-order chi connectivity index (χ1) is 8.99. The Kier molecular flexibility index (Phi) is 4.24. The number of hydrogen-bond acceptors (Lipinski definition) is 3. The molecule has 19 heavy (non-hydrogen) atoms. The molecule has 1 fully saturated rings. The van der Waals surface area contributed by atoms with E-state index >= 15 is 0 Å². The Morgan fingerprint density at radius 2 is 2.26 bits per heavy atom. The maximum absolute atomic E-state index is 13.9. The summed E-state index contributed by atoms with van der Waals surface area (Å²) in [6, 6.07) is 4.80. The summed E-state index contributed by atoms with van der Waals surface area (Å²) in [5, 5.41) is 0.0490.